The van der Waals surface area contributed by atoms with Crippen LogP contribution < -0.4 is 4.31 Å². The minimum Gasteiger partial charge on any atom is -0.372 e. The van der Waals surface area contributed by atoms with Crippen molar-refractivity contribution < 1.29 is 17.9 Å². The number of piperidine rings is 1. The second-order valence-electron chi connectivity index (χ2n) is 6.24. The number of benzene rings is 1. The van der Waals surface area contributed by atoms with E-state index in [2.05, 4.69) is 0 Å². The molecule has 0 spiro atoms. The van der Waals surface area contributed by atoms with Crippen molar-refractivity contribution in [2.45, 2.75) is 31.4 Å². The summed E-state index contributed by atoms with van der Waals surface area (Å²) in [6.45, 7) is 3.69. The number of carbonyl (C=O) groups is 1. The summed E-state index contributed by atoms with van der Waals surface area (Å²) >= 11 is 0. The number of hydrogen-bond acceptors (Lipinski definition) is 4. The lowest BCUT2D eigenvalue weighted by molar-refractivity contribution is -0.136. The van der Waals surface area contributed by atoms with Gasteiger partial charge in [0.1, 0.15) is 6.61 Å². The van der Waals surface area contributed by atoms with E-state index in [9.17, 15) is 13.2 Å². The van der Waals surface area contributed by atoms with E-state index in [4.69, 9.17) is 4.74 Å². The van der Waals surface area contributed by atoms with E-state index in [1.54, 1.807) is 4.90 Å². The third-order valence-corrected chi connectivity index (χ3v) is 6.95. The van der Waals surface area contributed by atoms with E-state index in [0.717, 1.165) is 17.7 Å². The van der Waals surface area contributed by atoms with Gasteiger partial charge in [-0.3, -0.25) is 9.10 Å². The molecule has 1 fully saturated rings. The summed E-state index contributed by atoms with van der Waals surface area (Å²) in [5.41, 5.74) is 1.86. The first-order valence-corrected chi connectivity index (χ1v) is 9.99. The summed E-state index contributed by atoms with van der Waals surface area (Å²) < 4.78 is 32.9. The van der Waals surface area contributed by atoms with Crippen LogP contribution in [0.4, 0.5) is 5.69 Å². The Labute approximate surface area is 143 Å². The lowest BCUT2D eigenvalue weighted by Gasteiger charge is -2.35. The molecule has 7 heteroatoms. The molecule has 1 aromatic carbocycles. The lowest BCUT2D eigenvalue weighted by Crippen LogP contribution is -2.50. The summed E-state index contributed by atoms with van der Waals surface area (Å²) in [6, 6.07) is 7.64. The quantitative estimate of drug-likeness (QED) is 0.803. The molecule has 1 amide bonds. The first-order valence-electron chi connectivity index (χ1n) is 8.49. The number of para-hydroxylation sites is 1. The molecule has 3 rings (SSSR count). The maximum atomic E-state index is 13.1. The lowest BCUT2D eigenvalue weighted by atomic mass is 10.1. The summed E-state index contributed by atoms with van der Waals surface area (Å²) in [5.74, 6) is -0.126. The number of amides is 1. The van der Waals surface area contributed by atoms with Gasteiger partial charge in [0.15, 0.2) is 0 Å². The Balaban J connectivity index is 1.74. The highest BCUT2D eigenvalue weighted by Crippen LogP contribution is 2.33. The highest BCUT2D eigenvalue weighted by Gasteiger charge is 2.39. The summed E-state index contributed by atoms with van der Waals surface area (Å²) in [7, 11) is -3.46. The number of fused-ring (bicyclic) bond motifs is 1. The number of sulfonamides is 1. The van der Waals surface area contributed by atoms with Crippen molar-refractivity contribution in [2.75, 3.05) is 37.2 Å². The van der Waals surface area contributed by atoms with Gasteiger partial charge in [0.2, 0.25) is 15.9 Å². The Kier molecular flexibility index (Phi) is 5.10. The van der Waals surface area contributed by atoms with Crippen LogP contribution in [0.15, 0.2) is 24.3 Å². The second kappa shape index (κ2) is 7.11. The number of ether oxygens (including phenoxy) is 1. The monoisotopic (exact) mass is 352 g/mol. The Morgan fingerprint density at radius 2 is 2.08 bits per heavy atom. The van der Waals surface area contributed by atoms with Crippen LogP contribution in [-0.2, 0) is 26.0 Å². The first kappa shape index (κ1) is 17.2. The second-order valence-corrected chi connectivity index (χ2v) is 8.37. The van der Waals surface area contributed by atoms with E-state index >= 15 is 0 Å². The van der Waals surface area contributed by atoms with E-state index < -0.39 is 15.3 Å². The molecule has 0 saturated carbocycles. The number of nitrogens with zero attached hydrogens (tertiary/aromatic N) is 2. The molecule has 1 aromatic rings. The third kappa shape index (κ3) is 3.28. The van der Waals surface area contributed by atoms with Crippen molar-refractivity contribution in [3.05, 3.63) is 29.8 Å². The van der Waals surface area contributed by atoms with Crippen LogP contribution in [0, 0.1) is 0 Å². The largest absolute Gasteiger partial charge is 0.372 e. The SMILES string of the molecule is CCOCC(=O)N1CCC[C@@H](S(=O)(=O)N2CCc3ccccc32)C1. The molecule has 0 N–H and O–H groups in total. The molecule has 132 valence electrons. The molecule has 0 aromatic heterocycles. The van der Waals surface area contributed by atoms with Gasteiger partial charge >= 0.3 is 0 Å². The molecule has 1 atom stereocenters. The van der Waals surface area contributed by atoms with Crippen LogP contribution in [0.1, 0.15) is 25.3 Å². The van der Waals surface area contributed by atoms with Gasteiger partial charge in [-0.15, -0.1) is 0 Å². The van der Waals surface area contributed by atoms with E-state index in [-0.39, 0.29) is 19.1 Å². The fraction of sp³-hybridized carbons (Fsp3) is 0.588. The van der Waals surface area contributed by atoms with E-state index in [1.807, 2.05) is 31.2 Å². The predicted octanol–water partition coefficient (Wildman–Crippen LogP) is 1.41. The van der Waals surface area contributed by atoms with Crippen LogP contribution in [0.5, 0.6) is 0 Å². The molecule has 0 unspecified atom stereocenters. The molecule has 1 saturated heterocycles. The average molecular weight is 352 g/mol. The standard InChI is InChI=1S/C17H24N2O4S/c1-2-23-13-17(20)18-10-5-7-15(12-18)24(21,22)19-11-9-14-6-3-4-8-16(14)19/h3-4,6,8,15H,2,5,7,9-13H2,1H3/t15-/m1/s1. The van der Waals surface area contributed by atoms with Gasteiger partial charge in [-0.2, -0.15) is 0 Å². The summed E-state index contributed by atoms with van der Waals surface area (Å²) in [5, 5.41) is -0.539. The molecule has 2 heterocycles. The minimum absolute atomic E-state index is 0.0236. The third-order valence-electron chi connectivity index (χ3n) is 4.73. The molecule has 24 heavy (non-hydrogen) atoms. The number of likely N-dealkylation sites (tertiary alicyclic amines) is 1. The summed E-state index contributed by atoms with van der Waals surface area (Å²) in [4.78, 5) is 13.8. The zero-order valence-electron chi connectivity index (χ0n) is 14.0. The average Bonchev–Trinajstić information content (AvgIpc) is 3.04. The van der Waals surface area contributed by atoms with Crippen molar-refractivity contribution in [1.29, 1.82) is 0 Å². The van der Waals surface area contributed by atoms with Crippen molar-refractivity contribution in [1.82, 2.24) is 4.90 Å². The highest BCUT2D eigenvalue weighted by molar-refractivity contribution is 7.93. The topological polar surface area (TPSA) is 66.9 Å². The molecule has 0 aliphatic carbocycles. The fourth-order valence-corrected chi connectivity index (χ4v) is 5.43. The number of hydrogen-bond donors (Lipinski definition) is 0. The molecule has 0 bridgehead atoms. The molecule has 2 aliphatic heterocycles. The number of carbonyl (C=O) groups excluding carboxylic acids is 1. The number of anilines is 1. The smallest absolute Gasteiger partial charge is 0.248 e. The Bertz CT molecular complexity index is 704. The van der Waals surface area contributed by atoms with Crippen molar-refractivity contribution in [2.24, 2.45) is 0 Å². The number of rotatable bonds is 5. The molecule has 2 aliphatic rings. The Morgan fingerprint density at radius 1 is 1.29 bits per heavy atom. The predicted molar refractivity (Wildman–Crippen MR) is 92.5 cm³/mol. The fourth-order valence-electron chi connectivity index (χ4n) is 3.44. The van der Waals surface area contributed by atoms with Crippen molar-refractivity contribution in [3.8, 4) is 0 Å². The van der Waals surface area contributed by atoms with Crippen molar-refractivity contribution >= 4 is 21.6 Å². The minimum atomic E-state index is -3.46. The van der Waals surface area contributed by atoms with Crippen LogP contribution in [0.3, 0.4) is 0 Å². The first-order chi connectivity index (χ1) is 11.5. The van der Waals surface area contributed by atoms with Crippen LogP contribution in [-0.4, -0.2) is 57.3 Å². The van der Waals surface area contributed by atoms with Crippen LogP contribution >= 0.6 is 0 Å². The zero-order valence-corrected chi connectivity index (χ0v) is 14.8. The van der Waals surface area contributed by atoms with E-state index in [0.29, 0.717) is 32.5 Å². The summed E-state index contributed by atoms with van der Waals surface area (Å²) in [6.07, 6.45) is 2.05. The molecule has 0 radical (unpaired) electrons. The van der Waals surface area contributed by atoms with E-state index in [1.165, 1.54) is 4.31 Å². The maximum absolute atomic E-state index is 13.1. The van der Waals surface area contributed by atoms with Gasteiger partial charge in [0.05, 0.1) is 10.9 Å². The van der Waals surface area contributed by atoms with Gasteiger partial charge in [-0.25, -0.2) is 8.42 Å². The van der Waals surface area contributed by atoms with Gasteiger partial charge in [0.25, 0.3) is 0 Å². The van der Waals surface area contributed by atoms with Gasteiger partial charge in [-0.05, 0) is 37.8 Å². The van der Waals surface area contributed by atoms with Crippen LogP contribution in [0.2, 0.25) is 0 Å². The highest BCUT2D eigenvalue weighted by atomic mass is 32.2. The Hall–Kier alpha value is -1.60. The Morgan fingerprint density at radius 3 is 2.88 bits per heavy atom. The van der Waals surface area contributed by atoms with Gasteiger partial charge in [-0.1, -0.05) is 18.2 Å². The maximum Gasteiger partial charge on any atom is 0.248 e. The van der Waals surface area contributed by atoms with Crippen molar-refractivity contribution in [3.63, 3.8) is 0 Å². The zero-order chi connectivity index (χ0) is 17.2. The van der Waals surface area contributed by atoms with Gasteiger partial charge < -0.3 is 9.64 Å². The molecule has 6 nitrogen and oxygen atoms in total. The normalized spacial score (nSPS) is 21.0. The molecular formula is C17H24N2O4S. The van der Waals surface area contributed by atoms with Gasteiger partial charge in [0, 0.05) is 26.2 Å². The molecular weight excluding hydrogens is 328 g/mol. The van der Waals surface area contributed by atoms with Crippen LogP contribution in [0.25, 0.3) is 0 Å².